The van der Waals surface area contributed by atoms with Crippen molar-refractivity contribution in [2.75, 3.05) is 11.9 Å². The van der Waals surface area contributed by atoms with Gasteiger partial charge < -0.3 is 4.74 Å². The second kappa shape index (κ2) is 9.20. The molecule has 5 aliphatic rings. The Morgan fingerprint density at radius 1 is 0.946 bits per heavy atom. The Balaban J connectivity index is 1.52. The lowest BCUT2D eigenvalue weighted by molar-refractivity contribution is -0.236. The van der Waals surface area contributed by atoms with Crippen molar-refractivity contribution < 1.29 is 14.3 Å². The zero-order valence-electron chi connectivity index (χ0n) is 24.4. The molecule has 5 rings (SSSR count). The maximum atomic E-state index is 13.8. The van der Waals surface area contributed by atoms with E-state index in [-0.39, 0.29) is 33.0 Å². The fraction of sp³-hybridized carbons (Fsp3) is 0.879. The molecule has 0 radical (unpaired) electrons. The summed E-state index contributed by atoms with van der Waals surface area (Å²) in [7, 11) is 0. The Labute approximate surface area is 234 Å². The molecule has 0 aliphatic heterocycles. The second-order valence-electron chi connectivity index (χ2n) is 15.2. The largest absolute Gasteiger partial charge is 0.465 e. The quantitative estimate of drug-likeness (QED) is 0.143. The standard InChI is InChI=1S/C33H51BrO3/c1-21(2)22-11-16-33(28(36)37-20-8-19-34)18-17-31(6)23(27(22)33)9-10-25-30(5)14-13-26(35)29(3,4)24(30)12-15-32(25,31)7/h22-25,27H,1,8-20H2,2-7H3/t22-,23+,24-,25+,27+,30-,31+,32+,33-/m0/s1. The minimum atomic E-state index is -0.330. The molecule has 0 aromatic carbocycles. The molecule has 0 unspecified atom stereocenters. The fourth-order valence-corrected chi connectivity index (χ4v) is 11.9. The van der Waals surface area contributed by atoms with Crippen molar-refractivity contribution in [3.05, 3.63) is 12.2 Å². The van der Waals surface area contributed by atoms with Crippen LogP contribution in [0.1, 0.15) is 112 Å². The van der Waals surface area contributed by atoms with Gasteiger partial charge in [0.2, 0.25) is 0 Å². The van der Waals surface area contributed by atoms with E-state index in [1.54, 1.807) is 0 Å². The predicted octanol–water partition coefficient (Wildman–Crippen LogP) is 8.54. The van der Waals surface area contributed by atoms with E-state index in [0.717, 1.165) is 50.3 Å². The molecule has 5 fully saturated rings. The van der Waals surface area contributed by atoms with Crippen LogP contribution in [0.5, 0.6) is 0 Å². The maximum absolute atomic E-state index is 13.8. The zero-order chi connectivity index (χ0) is 27.0. The van der Waals surface area contributed by atoms with E-state index in [1.165, 1.54) is 31.3 Å². The normalized spacial score (nSPS) is 48.3. The third kappa shape index (κ3) is 3.68. The van der Waals surface area contributed by atoms with Crippen molar-refractivity contribution in [2.24, 2.45) is 56.7 Å². The molecular weight excluding hydrogens is 524 g/mol. The number of halogens is 1. The summed E-state index contributed by atoms with van der Waals surface area (Å²) < 4.78 is 5.99. The molecule has 0 spiro atoms. The Morgan fingerprint density at radius 2 is 1.68 bits per heavy atom. The first kappa shape index (κ1) is 27.9. The van der Waals surface area contributed by atoms with Crippen molar-refractivity contribution in [3.8, 4) is 0 Å². The smallest absolute Gasteiger partial charge is 0.312 e. The highest BCUT2D eigenvalue weighted by molar-refractivity contribution is 9.09. The van der Waals surface area contributed by atoms with Crippen LogP contribution in [0.25, 0.3) is 0 Å². The molecule has 0 heterocycles. The number of carbonyl (C=O) groups is 2. The number of alkyl halides is 1. The molecular formula is C33H51BrO3. The topological polar surface area (TPSA) is 43.4 Å². The second-order valence-corrected chi connectivity index (χ2v) is 16.0. The summed E-state index contributed by atoms with van der Waals surface area (Å²) in [5.41, 5.74) is 1.40. The first-order valence-corrected chi connectivity index (χ1v) is 16.3. The lowest BCUT2D eigenvalue weighted by atomic mass is 9.32. The number of rotatable bonds is 5. The third-order valence-corrected chi connectivity index (χ3v) is 14.3. The molecule has 0 saturated heterocycles. The number of allylic oxidation sites excluding steroid dienone is 1. The van der Waals surface area contributed by atoms with E-state index in [9.17, 15) is 9.59 Å². The molecule has 5 aliphatic carbocycles. The summed E-state index contributed by atoms with van der Waals surface area (Å²) in [4.78, 5) is 26.8. The van der Waals surface area contributed by atoms with Crippen LogP contribution >= 0.6 is 15.9 Å². The van der Waals surface area contributed by atoms with Gasteiger partial charge in [0.1, 0.15) is 5.78 Å². The van der Waals surface area contributed by atoms with E-state index in [4.69, 9.17) is 4.74 Å². The van der Waals surface area contributed by atoms with Crippen LogP contribution < -0.4 is 0 Å². The minimum absolute atomic E-state index is 0.0831. The Hall–Kier alpha value is -0.640. The highest BCUT2D eigenvalue weighted by atomic mass is 79.9. The van der Waals surface area contributed by atoms with Crippen molar-refractivity contribution in [3.63, 3.8) is 0 Å². The van der Waals surface area contributed by atoms with Crippen molar-refractivity contribution in [1.82, 2.24) is 0 Å². The Bertz CT molecular complexity index is 971. The predicted molar refractivity (Wildman–Crippen MR) is 153 cm³/mol. The van der Waals surface area contributed by atoms with Gasteiger partial charge in [-0.2, -0.15) is 0 Å². The number of ether oxygens (including phenoxy) is 1. The Kier molecular flexibility index (Phi) is 6.94. The molecule has 0 aromatic rings. The van der Waals surface area contributed by atoms with Gasteiger partial charge in [-0.1, -0.05) is 62.7 Å². The first-order chi connectivity index (χ1) is 17.3. The lowest BCUT2D eigenvalue weighted by Crippen LogP contribution is -2.66. The van der Waals surface area contributed by atoms with Crippen LogP contribution in [0.4, 0.5) is 0 Å². The highest BCUT2D eigenvalue weighted by Crippen LogP contribution is 2.77. The van der Waals surface area contributed by atoms with Crippen molar-refractivity contribution >= 4 is 27.7 Å². The lowest BCUT2D eigenvalue weighted by Gasteiger charge is -2.72. The van der Waals surface area contributed by atoms with Gasteiger partial charge in [-0.15, -0.1) is 0 Å². The SMILES string of the molecule is C=C(C)[C@@H]1CC[C@]2(C(=O)OCCCBr)CC[C@]3(C)[C@H](CC[C@@H]4[C@@]5(C)CCC(=O)C(C)(C)[C@@H]5CC[C@]43C)[C@@H]12. The average Bonchev–Trinajstić information content (AvgIpc) is 3.24. The minimum Gasteiger partial charge on any atom is -0.465 e. The van der Waals surface area contributed by atoms with Crippen LogP contribution in [0.15, 0.2) is 12.2 Å². The van der Waals surface area contributed by atoms with Gasteiger partial charge >= 0.3 is 5.97 Å². The summed E-state index contributed by atoms with van der Waals surface area (Å²) in [6.45, 7) is 19.4. The van der Waals surface area contributed by atoms with Crippen molar-refractivity contribution in [1.29, 1.82) is 0 Å². The van der Waals surface area contributed by atoms with Gasteiger partial charge in [-0.3, -0.25) is 9.59 Å². The van der Waals surface area contributed by atoms with Gasteiger partial charge in [0.25, 0.3) is 0 Å². The van der Waals surface area contributed by atoms with Crippen LogP contribution in [-0.2, 0) is 14.3 Å². The number of Topliss-reactive ketones (excluding diaryl/α,β-unsaturated/α-hetero) is 1. The van der Waals surface area contributed by atoms with Gasteiger partial charge in [0.05, 0.1) is 12.0 Å². The summed E-state index contributed by atoms with van der Waals surface area (Å²) in [5, 5.41) is 0.869. The maximum Gasteiger partial charge on any atom is 0.312 e. The molecule has 0 amide bonds. The van der Waals surface area contributed by atoms with Crippen LogP contribution in [0.3, 0.4) is 0 Å². The highest BCUT2D eigenvalue weighted by Gasteiger charge is 2.72. The van der Waals surface area contributed by atoms with E-state index in [1.807, 2.05) is 0 Å². The number of carbonyl (C=O) groups excluding carboxylic acids is 2. The molecule has 0 aromatic heterocycles. The van der Waals surface area contributed by atoms with E-state index in [2.05, 4.69) is 64.1 Å². The number of hydrogen-bond acceptors (Lipinski definition) is 3. The van der Waals surface area contributed by atoms with Crippen LogP contribution in [0, 0.1) is 56.7 Å². The summed E-state index contributed by atoms with van der Waals surface area (Å²) in [5.74, 6) is 3.01. The van der Waals surface area contributed by atoms with Gasteiger partial charge in [0, 0.05) is 17.2 Å². The summed E-state index contributed by atoms with van der Waals surface area (Å²) >= 11 is 3.49. The molecule has 4 heteroatoms. The zero-order valence-corrected chi connectivity index (χ0v) is 26.0. The third-order valence-electron chi connectivity index (χ3n) is 13.7. The number of fused-ring (bicyclic) bond motifs is 7. The summed E-state index contributed by atoms with van der Waals surface area (Å²) in [6.07, 6.45) is 11.6. The fourth-order valence-electron chi connectivity index (χ4n) is 11.7. The number of esters is 1. The Morgan fingerprint density at radius 3 is 2.35 bits per heavy atom. The summed E-state index contributed by atoms with van der Waals surface area (Å²) in [6, 6.07) is 0. The first-order valence-electron chi connectivity index (χ1n) is 15.2. The number of hydrogen-bond donors (Lipinski definition) is 0. The van der Waals surface area contributed by atoms with Gasteiger partial charge in [-0.25, -0.2) is 0 Å². The van der Waals surface area contributed by atoms with Gasteiger partial charge in [-0.05, 0) is 117 Å². The van der Waals surface area contributed by atoms with E-state index >= 15 is 0 Å². The van der Waals surface area contributed by atoms with Crippen LogP contribution in [-0.4, -0.2) is 23.7 Å². The van der Waals surface area contributed by atoms with E-state index in [0.29, 0.717) is 42.0 Å². The van der Waals surface area contributed by atoms with Gasteiger partial charge in [0.15, 0.2) is 0 Å². The molecule has 0 bridgehead atoms. The van der Waals surface area contributed by atoms with Crippen LogP contribution in [0.2, 0.25) is 0 Å². The average molecular weight is 576 g/mol. The molecule has 9 atom stereocenters. The van der Waals surface area contributed by atoms with Crippen molar-refractivity contribution in [2.45, 2.75) is 112 Å². The molecule has 3 nitrogen and oxygen atoms in total. The monoisotopic (exact) mass is 574 g/mol. The number of ketones is 1. The molecule has 37 heavy (non-hydrogen) atoms. The molecule has 208 valence electrons. The molecule has 0 N–H and O–H groups in total. The molecule has 5 saturated carbocycles. The van der Waals surface area contributed by atoms with E-state index < -0.39 is 0 Å².